The molecule has 1 aromatic carbocycles. The van der Waals surface area contributed by atoms with Crippen molar-refractivity contribution >= 4 is 35.2 Å². The standard InChI is InChI=1S/C16H17ClN4S2/c1-19(10-13-8-9-14(17)23-13)11-21-16(22)20(2)15(18-21)12-6-4-3-5-7-12/h3-9H,10-11H2,1-2H3/p+1. The summed E-state index contributed by atoms with van der Waals surface area (Å²) in [5, 5.41) is 4.70. The molecule has 0 aliphatic rings. The highest BCUT2D eigenvalue weighted by atomic mass is 35.5. The van der Waals surface area contributed by atoms with Crippen LogP contribution < -0.4 is 4.90 Å². The van der Waals surface area contributed by atoms with E-state index in [-0.39, 0.29) is 0 Å². The van der Waals surface area contributed by atoms with Crippen molar-refractivity contribution in [2.75, 3.05) is 7.05 Å². The van der Waals surface area contributed by atoms with Gasteiger partial charge in [0, 0.05) is 12.6 Å². The van der Waals surface area contributed by atoms with Crippen molar-refractivity contribution in [3.05, 3.63) is 56.4 Å². The Labute approximate surface area is 149 Å². The Morgan fingerprint density at radius 3 is 2.61 bits per heavy atom. The van der Waals surface area contributed by atoms with E-state index in [0.717, 1.165) is 33.7 Å². The second-order valence-corrected chi connectivity index (χ2v) is 7.69. The molecule has 7 heteroatoms. The molecule has 0 fully saturated rings. The third-order valence-electron chi connectivity index (χ3n) is 3.60. The summed E-state index contributed by atoms with van der Waals surface area (Å²) in [5.74, 6) is 0.891. The van der Waals surface area contributed by atoms with Crippen LogP contribution in [0.25, 0.3) is 11.4 Å². The highest BCUT2D eigenvalue weighted by molar-refractivity contribution is 7.71. The van der Waals surface area contributed by atoms with E-state index in [4.69, 9.17) is 28.9 Å². The predicted molar refractivity (Wildman–Crippen MR) is 97.4 cm³/mol. The third-order valence-corrected chi connectivity index (χ3v) is 5.31. The molecule has 0 aliphatic carbocycles. The fraction of sp³-hybridized carbons (Fsp3) is 0.250. The van der Waals surface area contributed by atoms with Crippen molar-refractivity contribution in [2.24, 2.45) is 7.05 Å². The number of thiophene rings is 1. The van der Waals surface area contributed by atoms with E-state index in [1.807, 2.05) is 52.7 Å². The van der Waals surface area contributed by atoms with Crippen molar-refractivity contribution in [1.82, 2.24) is 14.3 Å². The van der Waals surface area contributed by atoms with Crippen molar-refractivity contribution in [1.29, 1.82) is 0 Å². The molecule has 0 saturated carbocycles. The van der Waals surface area contributed by atoms with Gasteiger partial charge in [0.05, 0.1) is 16.3 Å². The highest BCUT2D eigenvalue weighted by Gasteiger charge is 2.13. The van der Waals surface area contributed by atoms with Crippen molar-refractivity contribution in [3.8, 4) is 11.4 Å². The number of quaternary nitrogens is 1. The van der Waals surface area contributed by atoms with Crippen LogP contribution in [0.1, 0.15) is 4.88 Å². The minimum absolute atomic E-state index is 0.717. The van der Waals surface area contributed by atoms with Gasteiger partial charge in [-0.1, -0.05) is 41.9 Å². The van der Waals surface area contributed by atoms with Crippen molar-refractivity contribution in [2.45, 2.75) is 13.2 Å². The highest BCUT2D eigenvalue weighted by Crippen LogP contribution is 2.20. The Morgan fingerprint density at radius 2 is 1.96 bits per heavy atom. The summed E-state index contributed by atoms with van der Waals surface area (Å²) in [6.07, 6.45) is 0. The number of benzene rings is 1. The number of nitrogens with one attached hydrogen (secondary N) is 1. The number of aromatic nitrogens is 3. The van der Waals surface area contributed by atoms with E-state index in [9.17, 15) is 0 Å². The fourth-order valence-electron chi connectivity index (χ4n) is 2.49. The zero-order chi connectivity index (χ0) is 16.4. The minimum atomic E-state index is 0.717. The number of rotatable bonds is 5. The van der Waals surface area contributed by atoms with Crippen molar-refractivity contribution in [3.63, 3.8) is 0 Å². The number of hydrogen-bond donors (Lipinski definition) is 1. The molecule has 1 atom stereocenters. The zero-order valence-electron chi connectivity index (χ0n) is 13.0. The van der Waals surface area contributed by atoms with Crippen LogP contribution in [-0.2, 0) is 20.3 Å². The van der Waals surface area contributed by atoms with Gasteiger partial charge in [-0.3, -0.25) is 0 Å². The fourth-order valence-corrected chi connectivity index (χ4v) is 3.88. The molecule has 2 aromatic heterocycles. The molecule has 0 spiro atoms. The van der Waals surface area contributed by atoms with Crippen molar-refractivity contribution < 1.29 is 4.90 Å². The molecular formula is C16H18ClN4S2+. The molecule has 0 aliphatic heterocycles. The average Bonchev–Trinajstić information content (AvgIpc) is 3.06. The molecule has 2 heterocycles. The van der Waals surface area contributed by atoms with Gasteiger partial charge in [0.1, 0.15) is 6.54 Å². The Hall–Kier alpha value is -1.47. The first kappa shape index (κ1) is 16.4. The van der Waals surface area contributed by atoms with Crippen LogP contribution in [-0.4, -0.2) is 21.4 Å². The molecule has 0 radical (unpaired) electrons. The Balaban J connectivity index is 1.79. The van der Waals surface area contributed by atoms with Crippen LogP contribution in [0.2, 0.25) is 4.34 Å². The number of halogens is 1. The van der Waals surface area contributed by atoms with E-state index in [1.54, 1.807) is 11.3 Å². The van der Waals surface area contributed by atoms with Gasteiger partial charge < -0.3 is 9.47 Å². The Bertz CT molecular complexity index is 851. The third kappa shape index (κ3) is 3.72. The smallest absolute Gasteiger partial charge is 0.202 e. The van der Waals surface area contributed by atoms with Gasteiger partial charge in [0.2, 0.25) is 4.77 Å². The van der Waals surface area contributed by atoms with Gasteiger partial charge >= 0.3 is 0 Å². The van der Waals surface area contributed by atoms with Gasteiger partial charge in [-0.15, -0.1) is 16.4 Å². The predicted octanol–water partition coefficient (Wildman–Crippen LogP) is 3.01. The molecule has 0 saturated heterocycles. The maximum atomic E-state index is 5.99. The molecule has 0 amide bonds. The SMILES string of the molecule is Cn1c(-c2ccccc2)nn(C[NH+](C)Cc2ccc(Cl)s2)c1=S. The maximum absolute atomic E-state index is 5.99. The van der Waals surface area contributed by atoms with Gasteiger partial charge in [0.15, 0.2) is 12.5 Å². The monoisotopic (exact) mass is 365 g/mol. The van der Waals surface area contributed by atoms with Gasteiger partial charge in [0.25, 0.3) is 0 Å². The Kier molecular flexibility index (Phi) is 4.96. The summed E-state index contributed by atoms with van der Waals surface area (Å²) in [6, 6.07) is 14.1. The van der Waals surface area contributed by atoms with Crippen LogP contribution >= 0.6 is 35.2 Å². The lowest BCUT2D eigenvalue weighted by atomic mass is 10.2. The molecule has 120 valence electrons. The second kappa shape index (κ2) is 6.97. The van der Waals surface area contributed by atoms with E-state index < -0.39 is 0 Å². The van der Waals surface area contributed by atoms with Crippen LogP contribution in [0.5, 0.6) is 0 Å². The summed E-state index contributed by atoms with van der Waals surface area (Å²) >= 11 is 13.1. The van der Waals surface area contributed by atoms with Gasteiger partial charge in [-0.25, -0.2) is 0 Å². The van der Waals surface area contributed by atoms with Gasteiger partial charge in [-0.05, 0) is 24.4 Å². The van der Waals surface area contributed by atoms with E-state index >= 15 is 0 Å². The van der Waals surface area contributed by atoms with E-state index in [2.05, 4.69) is 13.1 Å². The average molecular weight is 366 g/mol. The molecule has 3 rings (SSSR count). The number of hydrogen-bond acceptors (Lipinski definition) is 3. The minimum Gasteiger partial charge on any atom is -0.314 e. The molecule has 4 nitrogen and oxygen atoms in total. The first-order chi connectivity index (χ1) is 11.0. The molecule has 1 N–H and O–H groups in total. The lowest BCUT2D eigenvalue weighted by Gasteiger charge is -2.12. The number of nitrogens with zero attached hydrogens (tertiary/aromatic N) is 3. The van der Waals surface area contributed by atoms with Crippen LogP contribution in [0, 0.1) is 4.77 Å². The molecular weight excluding hydrogens is 348 g/mol. The summed E-state index contributed by atoms with van der Waals surface area (Å²) in [6.45, 7) is 1.62. The lowest BCUT2D eigenvalue weighted by molar-refractivity contribution is -0.917. The largest absolute Gasteiger partial charge is 0.314 e. The quantitative estimate of drug-likeness (QED) is 0.704. The van der Waals surface area contributed by atoms with Crippen LogP contribution in [0.4, 0.5) is 0 Å². The molecule has 1 unspecified atom stereocenters. The molecule has 23 heavy (non-hydrogen) atoms. The Morgan fingerprint density at radius 1 is 1.22 bits per heavy atom. The summed E-state index contributed by atoms with van der Waals surface area (Å²) in [4.78, 5) is 2.57. The van der Waals surface area contributed by atoms with Crippen LogP contribution in [0.15, 0.2) is 42.5 Å². The van der Waals surface area contributed by atoms with E-state index in [1.165, 1.54) is 9.78 Å². The maximum Gasteiger partial charge on any atom is 0.202 e. The normalized spacial score (nSPS) is 12.5. The first-order valence-electron chi connectivity index (χ1n) is 7.29. The zero-order valence-corrected chi connectivity index (χ0v) is 15.4. The second-order valence-electron chi connectivity index (χ2n) is 5.53. The topological polar surface area (TPSA) is 27.2 Å². The molecule has 0 bridgehead atoms. The summed E-state index contributed by atoms with van der Waals surface area (Å²) in [5.41, 5.74) is 1.07. The lowest BCUT2D eigenvalue weighted by Crippen LogP contribution is -3.06. The van der Waals surface area contributed by atoms with Crippen LogP contribution in [0.3, 0.4) is 0 Å². The van der Waals surface area contributed by atoms with Gasteiger partial charge in [-0.2, -0.15) is 4.68 Å². The van der Waals surface area contributed by atoms with E-state index in [0.29, 0.717) is 0 Å². The summed E-state index contributed by atoms with van der Waals surface area (Å²) < 4.78 is 5.41. The summed E-state index contributed by atoms with van der Waals surface area (Å²) in [7, 11) is 4.09. The molecule has 3 aromatic rings. The first-order valence-corrected chi connectivity index (χ1v) is 8.89.